The molecular formula is C8H8ClN3O. The molecule has 0 spiro atoms. The summed E-state index contributed by atoms with van der Waals surface area (Å²) in [6.45, 7) is 0. The molecule has 2 heterocycles. The highest BCUT2D eigenvalue weighted by atomic mass is 35.5. The first-order chi connectivity index (χ1) is 5.77. The van der Waals surface area contributed by atoms with E-state index in [0.29, 0.717) is 5.69 Å². The minimum Gasteiger partial charge on any atom is -0.364 e. The Morgan fingerprint density at radius 2 is 2.23 bits per heavy atom. The molecule has 5 heteroatoms. The maximum absolute atomic E-state index is 10.7. The Bertz CT molecular complexity index is 405. The van der Waals surface area contributed by atoms with Crippen molar-refractivity contribution in [2.45, 2.75) is 0 Å². The molecular weight excluding hydrogens is 190 g/mol. The van der Waals surface area contributed by atoms with Crippen LogP contribution in [0.3, 0.4) is 0 Å². The van der Waals surface area contributed by atoms with Crippen LogP contribution in [0.15, 0.2) is 30.6 Å². The summed E-state index contributed by atoms with van der Waals surface area (Å²) in [4.78, 5) is 14.7. The largest absolute Gasteiger partial charge is 0.364 e. The number of hydrogen-bond donors (Lipinski definition) is 1. The van der Waals surface area contributed by atoms with Gasteiger partial charge in [0.25, 0.3) is 5.91 Å². The second kappa shape index (κ2) is 3.45. The molecule has 0 atom stereocenters. The minimum atomic E-state index is -0.501. The molecule has 4 nitrogen and oxygen atoms in total. The summed E-state index contributed by atoms with van der Waals surface area (Å²) < 4.78 is 1.75. The van der Waals surface area contributed by atoms with Gasteiger partial charge in [-0.1, -0.05) is 6.07 Å². The van der Waals surface area contributed by atoms with Gasteiger partial charge in [0.15, 0.2) is 0 Å². The maximum atomic E-state index is 10.7. The Hall–Kier alpha value is -1.55. The first kappa shape index (κ1) is 9.54. The summed E-state index contributed by atoms with van der Waals surface area (Å²) >= 11 is 0. The van der Waals surface area contributed by atoms with Crippen molar-refractivity contribution < 1.29 is 4.79 Å². The fraction of sp³-hybridized carbons (Fsp3) is 0. The van der Waals surface area contributed by atoms with Gasteiger partial charge in [-0.05, 0) is 12.1 Å². The van der Waals surface area contributed by atoms with Crippen molar-refractivity contribution in [3.8, 4) is 0 Å². The summed E-state index contributed by atoms with van der Waals surface area (Å²) in [5, 5.41) is 0. The fourth-order valence-electron chi connectivity index (χ4n) is 1.05. The van der Waals surface area contributed by atoms with Crippen LogP contribution in [0.2, 0.25) is 0 Å². The van der Waals surface area contributed by atoms with Gasteiger partial charge in [0, 0.05) is 12.4 Å². The number of aromatic nitrogens is 2. The van der Waals surface area contributed by atoms with Gasteiger partial charge in [-0.3, -0.25) is 4.79 Å². The Kier molecular flexibility index (Phi) is 2.53. The molecule has 0 aliphatic carbocycles. The predicted octanol–water partition coefficient (Wildman–Crippen LogP) is 0.855. The van der Waals surface area contributed by atoms with Gasteiger partial charge in [0.1, 0.15) is 11.3 Å². The SMILES string of the molecule is Cl.NC(=O)c1cn2ccccc2n1. The number of nitrogens with two attached hydrogens (primary N) is 1. The number of nitrogens with zero attached hydrogens (tertiary/aromatic N) is 2. The van der Waals surface area contributed by atoms with Crippen molar-refractivity contribution >= 4 is 24.0 Å². The van der Waals surface area contributed by atoms with Crippen molar-refractivity contribution in [2.24, 2.45) is 5.73 Å². The molecule has 0 aromatic carbocycles. The van der Waals surface area contributed by atoms with Gasteiger partial charge >= 0.3 is 0 Å². The van der Waals surface area contributed by atoms with Crippen LogP contribution in [0.4, 0.5) is 0 Å². The normalized spacial score (nSPS) is 9.54. The molecule has 0 fully saturated rings. The van der Waals surface area contributed by atoms with Crippen molar-refractivity contribution in [3.05, 3.63) is 36.3 Å². The summed E-state index contributed by atoms with van der Waals surface area (Å²) in [6.07, 6.45) is 3.42. The van der Waals surface area contributed by atoms with Crippen molar-refractivity contribution in [1.29, 1.82) is 0 Å². The smallest absolute Gasteiger partial charge is 0.268 e. The van der Waals surface area contributed by atoms with E-state index in [0.717, 1.165) is 5.65 Å². The molecule has 0 saturated carbocycles. The quantitative estimate of drug-likeness (QED) is 0.737. The number of carbonyl (C=O) groups excluding carboxylic acids is 1. The molecule has 0 aliphatic rings. The molecule has 13 heavy (non-hydrogen) atoms. The zero-order valence-electron chi connectivity index (χ0n) is 6.68. The van der Waals surface area contributed by atoms with E-state index in [2.05, 4.69) is 4.98 Å². The van der Waals surface area contributed by atoms with E-state index < -0.39 is 5.91 Å². The number of pyridine rings is 1. The second-order valence-electron chi connectivity index (χ2n) is 2.46. The van der Waals surface area contributed by atoms with E-state index in [1.807, 2.05) is 24.4 Å². The van der Waals surface area contributed by atoms with Gasteiger partial charge in [-0.15, -0.1) is 12.4 Å². The molecule has 0 saturated heterocycles. The van der Waals surface area contributed by atoms with Gasteiger partial charge in [0.2, 0.25) is 0 Å². The third kappa shape index (κ3) is 1.62. The molecule has 2 rings (SSSR count). The Morgan fingerprint density at radius 3 is 2.85 bits per heavy atom. The standard InChI is InChI=1S/C8H7N3O.ClH/c9-8(12)6-5-11-4-2-1-3-7(11)10-6;/h1-5H,(H2,9,12);1H. The number of amides is 1. The number of fused-ring (bicyclic) bond motifs is 1. The van der Waals surface area contributed by atoms with Crippen LogP contribution >= 0.6 is 12.4 Å². The van der Waals surface area contributed by atoms with Crippen molar-refractivity contribution in [2.75, 3.05) is 0 Å². The highest BCUT2D eigenvalue weighted by Crippen LogP contribution is 2.02. The lowest BCUT2D eigenvalue weighted by Crippen LogP contribution is -2.10. The zero-order chi connectivity index (χ0) is 8.55. The summed E-state index contributed by atoms with van der Waals surface area (Å²) in [7, 11) is 0. The Morgan fingerprint density at radius 1 is 1.46 bits per heavy atom. The number of rotatable bonds is 1. The summed E-state index contributed by atoms with van der Waals surface area (Å²) in [5.74, 6) is -0.501. The minimum absolute atomic E-state index is 0. The molecule has 68 valence electrons. The summed E-state index contributed by atoms with van der Waals surface area (Å²) in [6, 6.07) is 5.53. The van der Waals surface area contributed by atoms with E-state index in [1.165, 1.54) is 0 Å². The second-order valence-corrected chi connectivity index (χ2v) is 2.46. The van der Waals surface area contributed by atoms with E-state index in [-0.39, 0.29) is 12.4 Å². The molecule has 0 aliphatic heterocycles. The highest BCUT2D eigenvalue weighted by Gasteiger charge is 2.04. The van der Waals surface area contributed by atoms with Crippen LogP contribution in [0.25, 0.3) is 5.65 Å². The topological polar surface area (TPSA) is 60.4 Å². The van der Waals surface area contributed by atoms with Crippen LogP contribution in [-0.2, 0) is 0 Å². The third-order valence-electron chi connectivity index (χ3n) is 1.62. The number of halogens is 1. The third-order valence-corrected chi connectivity index (χ3v) is 1.62. The van der Waals surface area contributed by atoms with Crippen LogP contribution in [-0.4, -0.2) is 15.3 Å². The zero-order valence-corrected chi connectivity index (χ0v) is 7.49. The van der Waals surface area contributed by atoms with Gasteiger partial charge in [0.05, 0.1) is 0 Å². The van der Waals surface area contributed by atoms with Crippen LogP contribution in [0.5, 0.6) is 0 Å². The number of hydrogen-bond acceptors (Lipinski definition) is 2. The van der Waals surface area contributed by atoms with E-state index in [9.17, 15) is 4.79 Å². The lowest BCUT2D eigenvalue weighted by molar-refractivity contribution is 0.0996. The molecule has 0 bridgehead atoms. The fourth-order valence-corrected chi connectivity index (χ4v) is 1.05. The van der Waals surface area contributed by atoms with Gasteiger partial charge in [-0.25, -0.2) is 4.98 Å². The number of primary amides is 1. The number of carbonyl (C=O) groups is 1. The van der Waals surface area contributed by atoms with Crippen molar-refractivity contribution in [1.82, 2.24) is 9.38 Å². The van der Waals surface area contributed by atoms with E-state index in [4.69, 9.17) is 5.73 Å². The molecule has 1 amide bonds. The predicted molar refractivity (Wildman–Crippen MR) is 51.0 cm³/mol. The average molecular weight is 198 g/mol. The van der Waals surface area contributed by atoms with Gasteiger partial charge in [-0.2, -0.15) is 0 Å². The van der Waals surface area contributed by atoms with Gasteiger partial charge < -0.3 is 10.1 Å². The lowest BCUT2D eigenvalue weighted by Gasteiger charge is -1.86. The van der Waals surface area contributed by atoms with Crippen LogP contribution in [0.1, 0.15) is 10.5 Å². The molecule has 2 N–H and O–H groups in total. The molecule has 0 unspecified atom stereocenters. The van der Waals surface area contributed by atoms with E-state index >= 15 is 0 Å². The summed E-state index contributed by atoms with van der Waals surface area (Å²) in [5.41, 5.74) is 6.08. The maximum Gasteiger partial charge on any atom is 0.268 e. The Labute approximate surface area is 80.8 Å². The van der Waals surface area contributed by atoms with Crippen LogP contribution < -0.4 is 5.73 Å². The molecule has 2 aromatic heterocycles. The Balaban J connectivity index is 0.000000845. The number of imidazole rings is 1. The molecule has 0 radical (unpaired) electrons. The molecule has 2 aromatic rings. The highest BCUT2D eigenvalue weighted by molar-refractivity contribution is 5.91. The first-order valence-electron chi connectivity index (χ1n) is 3.51. The first-order valence-corrected chi connectivity index (χ1v) is 3.51. The van der Waals surface area contributed by atoms with Crippen molar-refractivity contribution in [3.63, 3.8) is 0 Å². The average Bonchev–Trinajstić information content (AvgIpc) is 2.46. The van der Waals surface area contributed by atoms with E-state index in [1.54, 1.807) is 10.6 Å². The lowest BCUT2D eigenvalue weighted by atomic mass is 10.5. The monoisotopic (exact) mass is 197 g/mol. The van der Waals surface area contributed by atoms with Crippen LogP contribution in [0, 0.1) is 0 Å².